The molecule has 0 radical (unpaired) electrons. The lowest BCUT2D eigenvalue weighted by molar-refractivity contribution is -0.198. The number of ether oxygens (including phenoxy) is 1. The van der Waals surface area contributed by atoms with Crippen molar-refractivity contribution in [2.45, 2.75) is 31.6 Å². The molecule has 29 heavy (non-hydrogen) atoms. The molecular weight excluding hydrogens is 392 g/mol. The summed E-state index contributed by atoms with van der Waals surface area (Å²) in [5.41, 5.74) is 1.73. The summed E-state index contributed by atoms with van der Waals surface area (Å²) < 4.78 is 5.32. The molecule has 1 fully saturated rings. The predicted molar refractivity (Wildman–Crippen MR) is 112 cm³/mol. The summed E-state index contributed by atoms with van der Waals surface area (Å²) in [6, 6.07) is 1.87. The second-order valence-corrected chi connectivity index (χ2v) is 7.98. The minimum absolute atomic E-state index is 0.111. The molecule has 1 saturated heterocycles. The molecule has 0 saturated carbocycles. The number of alkyl halides is 1. The van der Waals surface area contributed by atoms with Gasteiger partial charge in [-0.1, -0.05) is 6.08 Å². The minimum atomic E-state index is -0.819. The van der Waals surface area contributed by atoms with E-state index in [1.807, 2.05) is 30.2 Å². The molecule has 2 aliphatic rings. The molecule has 3 unspecified atom stereocenters. The van der Waals surface area contributed by atoms with Gasteiger partial charge in [0, 0.05) is 49.4 Å². The van der Waals surface area contributed by atoms with Crippen molar-refractivity contribution in [1.29, 1.82) is 0 Å². The van der Waals surface area contributed by atoms with Gasteiger partial charge in [-0.15, -0.1) is 11.6 Å². The first-order valence-electron chi connectivity index (χ1n) is 10.1. The Hall–Kier alpha value is -2.00. The number of aliphatic hydroxyl groups is 1. The number of nitrogens with one attached hydrogen (secondary N) is 2. The summed E-state index contributed by atoms with van der Waals surface area (Å²) in [6.07, 6.45) is 6.97. The molecule has 0 bridgehead atoms. The fourth-order valence-corrected chi connectivity index (χ4v) is 4.07. The second kappa shape index (κ2) is 9.21. The van der Waals surface area contributed by atoms with Gasteiger partial charge in [-0.2, -0.15) is 0 Å². The SMILES string of the molecule is CCOC(O)N1CCCC(CNc2ccnc(-c3c[nH]c4c3=CC(Cl)CN=4)n2)C1. The molecule has 9 heteroatoms. The van der Waals surface area contributed by atoms with Crippen LogP contribution in [-0.2, 0) is 4.74 Å². The first-order valence-corrected chi connectivity index (χ1v) is 10.6. The minimum Gasteiger partial charge on any atom is -0.370 e. The summed E-state index contributed by atoms with van der Waals surface area (Å²) in [4.78, 5) is 18.7. The Balaban J connectivity index is 1.43. The van der Waals surface area contributed by atoms with E-state index in [2.05, 4.69) is 25.3 Å². The number of H-pyrrole nitrogens is 1. The van der Waals surface area contributed by atoms with Crippen molar-refractivity contribution in [1.82, 2.24) is 19.9 Å². The van der Waals surface area contributed by atoms with Crippen LogP contribution in [0.5, 0.6) is 0 Å². The maximum absolute atomic E-state index is 10.1. The molecule has 4 rings (SSSR count). The number of likely N-dealkylation sites (tertiary alicyclic amines) is 1. The first kappa shape index (κ1) is 20.3. The van der Waals surface area contributed by atoms with Crippen molar-refractivity contribution in [3.8, 4) is 11.4 Å². The molecule has 0 aromatic carbocycles. The van der Waals surface area contributed by atoms with E-state index in [0.717, 1.165) is 54.6 Å². The van der Waals surface area contributed by atoms with Gasteiger partial charge in [-0.25, -0.2) is 9.97 Å². The molecule has 0 amide bonds. The van der Waals surface area contributed by atoms with Crippen LogP contribution >= 0.6 is 11.6 Å². The Labute approximate surface area is 174 Å². The quantitative estimate of drug-likeness (QED) is 0.457. The smallest absolute Gasteiger partial charge is 0.216 e. The number of piperidine rings is 1. The highest BCUT2D eigenvalue weighted by Crippen LogP contribution is 2.19. The molecule has 2 aromatic heterocycles. The highest BCUT2D eigenvalue weighted by atomic mass is 35.5. The zero-order valence-electron chi connectivity index (χ0n) is 16.5. The van der Waals surface area contributed by atoms with Crippen LogP contribution in [0.4, 0.5) is 5.82 Å². The molecular formula is C20H27ClN6O2. The molecule has 2 aromatic rings. The Bertz CT molecular complexity index is 949. The van der Waals surface area contributed by atoms with Crippen molar-refractivity contribution >= 4 is 23.5 Å². The Kier molecular flexibility index (Phi) is 6.44. The van der Waals surface area contributed by atoms with E-state index in [1.165, 1.54) is 0 Å². The maximum Gasteiger partial charge on any atom is 0.216 e. The van der Waals surface area contributed by atoms with E-state index >= 15 is 0 Å². The molecule has 3 atom stereocenters. The number of fused-ring (bicyclic) bond motifs is 1. The lowest BCUT2D eigenvalue weighted by atomic mass is 9.98. The number of aromatic amines is 1. The Morgan fingerprint density at radius 2 is 2.38 bits per heavy atom. The van der Waals surface area contributed by atoms with Gasteiger partial charge in [-0.05, 0) is 31.7 Å². The summed E-state index contributed by atoms with van der Waals surface area (Å²) >= 11 is 6.23. The molecule has 3 N–H and O–H groups in total. The first-order chi connectivity index (χ1) is 14.1. The third kappa shape index (κ3) is 4.78. The number of hydrogen-bond acceptors (Lipinski definition) is 7. The fourth-order valence-electron chi connectivity index (χ4n) is 3.87. The average Bonchev–Trinajstić information content (AvgIpc) is 3.16. The van der Waals surface area contributed by atoms with Gasteiger partial charge in [0.15, 0.2) is 5.82 Å². The van der Waals surface area contributed by atoms with Gasteiger partial charge in [0.2, 0.25) is 6.41 Å². The molecule has 4 heterocycles. The highest BCUT2D eigenvalue weighted by molar-refractivity contribution is 6.24. The van der Waals surface area contributed by atoms with Crippen LogP contribution in [-0.4, -0.2) is 69.5 Å². The lowest BCUT2D eigenvalue weighted by Crippen LogP contribution is -2.45. The number of rotatable bonds is 7. The maximum atomic E-state index is 10.1. The van der Waals surface area contributed by atoms with Crippen LogP contribution in [0.15, 0.2) is 23.5 Å². The second-order valence-electron chi connectivity index (χ2n) is 7.42. The lowest BCUT2D eigenvalue weighted by Gasteiger charge is -2.35. The average molecular weight is 419 g/mol. The van der Waals surface area contributed by atoms with Gasteiger partial charge >= 0.3 is 0 Å². The monoisotopic (exact) mass is 418 g/mol. The van der Waals surface area contributed by atoms with Crippen molar-refractivity contribution in [3.63, 3.8) is 0 Å². The zero-order valence-corrected chi connectivity index (χ0v) is 17.3. The van der Waals surface area contributed by atoms with Gasteiger partial charge in [0.25, 0.3) is 0 Å². The van der Waals surface area contributed by atoms with Gasteiger partial charge in [-0.3, -0.25) is 9.89 Å². The van der Waals surface area contributed by atoms with E-state index in [1.54, 1.807) is 6.20 Å². The zero-order chi connectivity index (χ0) is 20.2. The van der Waals surface area contributed by atoms with Crippen molar-refractivity contribution < 1.29 is 9.84 Å². The Morgan fingerprint density at radius 1 is 1.48 bits per heavy atom. The van der Waals surface area contributed by atoms with Gasteiger partial charge in [0.1, 0.15) is 11.3 Å². The van der Waals surface area contributed by atoms with Crippen molar-refractivity contribution in [2.75, 3.05) is 38.1 Å². The molecule has 8 nitrogen and oxygen atoms in total. The van der Waals surface area contributed by atoms with E-state index in [-0.39, 0.29) is 5.38 Å². The summed E-state index contributed by atoms with van der Waals surface area (Å²) in [5, 5.41) is 14.3. The number of aliphatic hydroxyl groups excluding tert-OH is 1. The van der Waals surface area contributed by atoms with E-state index in [9.17, 15) is 5.11 Å². The van der Waals surface area contributed by atoms with Crippen LogP contribution in [0.2, 0.25) is 0 Å². The van der Waals surface area contributed by atoms with Gasteiger partial charge in [0.05, 0.1) is 11.9 Å². The number of halogens is 1. The summed E-state index contributed by atoms with van der Waals surface area (Å²) in [6.45, 7) is 5.40. The fraction of sp³-hybridized carbons (Fsp3) is 0.550. The molecule has 156 valence electrons. The Morgan fingerprint density at radius 3 is 3.24 bits per heavy atom. The van der Waals surface area contributed by atoms with Crippen LogP contribution in [0, 0.1) is 5.92 Å². The van der Waals surface area contributed by atoms with Crippen LogP contribution in [0.25, 0.3) is 17.5 Å². The van der Waals surface area contributed by atoms with Crippen LogP contribution < -0.4 is 16.0 Å². The number of hydrogen-bond donors (Lipinski definition) is 3. The third-order valence-corrected chi connectivity index (χ3v) is 5.58. The van der Waals surface area contributed by atoms with Crippen LogP contribution in [0.1, 0.15) is 19.8 Å². The van der Waals surface area contributed by atoms with Crippen molar-refractivity contribution in [3.05, 3.63) is 29.2 Å². The predicted octanol–water partition coefficient (Wildman–Crippen LogP) is 0.929. The van der Waals surface area contributed by atoms with Crippen LogP contribution in [0.3, 0.4) is 0 Å². The van der Waals surface area contributed by atoms with E-state index in [0.29, 0.717) is 24.9 Å². The number of anilines is 1. The normalized spacial score (nSPS) is 23.0. The third-order valence-electron chi connectivity index (χ3n) is 5.32. The topological polar surface area (TPSA) is 98.7 Å². The van der Waals surface area contributed by atoms with E-state index in [4.69, 9.17) is 16.3 Å². The molecule has 0 aliphatic carbocycles. The van der Waals surface area contributed by atoms with Crippen molar-refractivity contribution in [2.24, 2.45) is 10.9 Å². The van der Waals surface area contributed by atoms with Gasteiger partial charge < -0.3 is 20.1 Å². The van der Waals surface area contributed by atoms with E-state index < -0.39 is 6.41 Å². The summed E-state index contributed by atoms with van der Waals surface area (Å²) in [5.74, 6) is 1.84. The standard InChI is InChI=1S/C20H27ClN6O2/c1-2-29-20(28)27-7-3-4-13(12-27)9-23-17-5-6-22-19(26-17)16-11-25-18-15(16)8-14(21)10-24-18/h5-6,8,11,13-14,20,28H,2-4,7,9-10,12H2,1H3,(H,24,25)(H,22,23,26). The summed E-state index contributed by atoms with van der Waals surface area (Å²) in [7, 11) is 0. The largest absolute Gasteiger partial charge is 0.370 e. The molecule has 0 spiro atoms. The molecule has 2 aliphatic heterocycles. The number of nitrogens with zero attached hydrogens (tertiary/aromatic N) is 4. The highest BCUT2D eigenvalue weighted by Gasteiger charge is 2.25. The number of aromatic nitrogens is 3.